The molecule has 1 aromatic heterocycles. The van der Waals surface area contributed by atoms with Gasteiger partial charge in [-0.05, 0) is 41.4 Å². The van der Waals surface area contributed by atoms with Crippen molar-refractivity contribution >= 4 is 23.2 Å². The molecule has 1 aromatic carbocycles. The van der Waals surface area contributed by atoms with Gasteiger partial charge in [0.2, 0.25) is 0 Å². The Morgan fingerprint density at radius 3 is 2.44 bits per heavy atom. The van der Waals surface area contributed by atoms with Crippen LogP contribution in [-0.4, -0.2) is 52.7 Å². The Balaban J connectivity index is 0.000000461. The number of aromatic nitrogens is 2. The Morgan fingerprint density at radius 1 is 1.24 bits per heavy atom. The second-order valence-corrected chi connectivity index (χ2v) is 5.75. The predicted octanol–water partition coefficient (Wildman–Crippen LogP) is 2.83. The van der Waals surface area contributed by atoms with E-state index in [9.17, 15) is 9.59 Å². The summed E-state index contributed by atoms with van der Waals surface area (Å²) >= 11 is 0. The van der Waals surface area contributed by atoms with Crippen LogP contribution in [0.25, 0.3) is 11.0 Å². The van der Waals surface area contributed by atoms with Gasteiger partial charge in [0.05, 0.1) is 0 Å². The van der Waals surface area contributed by atoms with Gasteiger partial charge >= 0.3 is 0 Å². The summed E-state index contributed by atoms with van der Waals surface area (Å²) in [4.78, 5) is 23.5. The third kappa shape index (κ3) is 5.94. The molecule has 0 radical (unpaired) electrons. The fourth-order valence-electron chi connectivity index (χ4n) is 2.75. The molecular formula is C18H27N3O4. The van der Waals surface area contributed by atoms with Crippen LogP contribution in [0.4, 0.5) is 0 Å². The monoisotopic (exact) mass is 349 g/mol. The molecule has 0 spiro atoms. The van der Waals surface area contributed by atoms with E-state index >= 15 is 0 Å². The highest BCUT2D eigenvalue weighted by Gasteiger charge is 2.23. The molecule has 1 aliphatic carbocycles. The predicted molar refractivity (Wildman–Crippen MR) is 95.3 cm³/mol. The van der Waals surface area contributed by atoms with Gasteiger partial charge in [-0.3, -0.25) is 4.79 Å². The van der Waals surface area contributed by atoms with Crippen LogP contribution in [-0.2, 0) is 4.79 Å². The first-order chi connectivity index (χ1) is 12.2. The van der Waals surface area contributed by atoms with Crippen molar-refractivity contribution in [3.05, 3.63) is 23.8 Å². The molecule has 1 heterocycles. The number of nitrogens with zero attached hydrogens (tertiary/aromatic N) is 3. The maximum atomic E-state index is 12.5. The van der Waals surface area contributed by atoms with E-state index in [0.717, 1.165) is 26.2 Å². The lowest BCUT2D eigenvalue weighted by atomic mass is 9.94. The minimum Gasteiger partial charge on any atom is -0.400 e. The summed E-state index contributed by atoms with van der Waals surface area (Å²) in [5, 5.41) is 14.5. The normalized spacial score (nSPS) is 13.9. The van der Waals surface area contributed by atoms with Crippen molar-refractivity contribution in [2.45, 2.75) is 51.5 Å². The van der Waals surface area contributed by atoms with Gasteiger partial charge in [0, 0.05) is 32.2 Å². The van der Waals surface area contributed by atoms with E-state index in [1.807, 2.05) is 18.9 Å². The number of aldehydes is 1. The van der Waals surface area contributed by atoms with E-state index < -0.39 is 0 Å². The summed E-state index contributed by atoms with van der Waals surface area (Å²) in [6.45, 7) is 1.81. The average molecular weight is 349 g/mol. The molecule has 7 heteroatoms. The van der Waals surface area contributed by atoms with Crippen LogP contribution in [0.1, 0.15) is 55.8 Å². The maximum Gasteiger partial charge on any atom is 0.253 e. The van der Waals surface area contributed by atoms with Crippen LogP contribution in [0, 0.1) is 0 Å². The molecule has 1 fully saturated rings. The van der Waals surface area contributed by atoms with Crippen LogP contribution < -0.4 is 0 Å². The molecule has 0 unspecified atom stereocenters. The van der Waals surface area contributed by atoms with Crippen molar-refractivity contribution in [3.8, 4) is 0 Å². The summed E-state index contributed by atoms with van der Waals surface area (Å²) in [5.41, 5.74) is 1.95. The van der Waals surface area contributed by atoms with Crippen LogP contribution in [0.3, 0.4) is 0 Å². The molecule has 3 rings (SSSR count). The number of carbonyl (C=O) groups excluding carboxylic acids is 2. The lowest BCUT2D eigenvalue weighted by Gasteiger charge is -2.31. The van der Waals surface area contributed by atoms with Crippen molar-refractivity contribution in [2.24, 2.45) is 0 Å². The zero-order valence-corrected chi connectivity index (χ0v) is 15.1. The highest BCUT2D eigenvalue weighted by atomic mass is 16.6. The molecule has 25 heavy (non-hydrogen) atoms. The Bertz CT molecular complexity index is 651. The van der Waals surface area contributed by atoms with Crippen molar-refractivity contribution in [3.63, 3.8) is 0 Å². The number of amides is 1. The highest BCUT2D eigenvalue weighted by molar-refractivity contribution is 5.97. The van der Waals surface area contributed by atoms with E-state index in [4.69, 9.17) is 5.11 Å². The Hall–Kier alpha value is -2.28. The first kappa shape index (κ1) is 20.8. The zero-order valence-electron chi connectivity index (χ0n) is 15.1. The summed E-state index contributed by atoms with van der Waals surface area (Å²) in [6, 6.07) is 5.67. The quantitative estimate of drug-likeness (QED) is 0.856. The van der Waals surface area contributed by atoms with Gasteiger partial charge in [-0.1, -0.05) is 26.2 Å². The number of hydrogen-bond acceptors (Lipinski definition) is 6. The largest absolute Gasteiger partial charge is 0.400 e. The number of carbonyl (C=O) groups is 2. The van der Waals surface area contributed by atoms with Crippen molar-refractivity contribution < 1.29 is 19.3 Å². The van der Waals surface area contributed by atoms with Gasteiger partial charge in [-0.2, -0.15) is 0 Å². The summed E-state index contributed by atoms with van der Waals surface area (Å²) in [6.07, 6.45) is 7.45. The van der Waals surface area contributed by atoms with E-state index in [1.54, 1.807) is 18.2 Å². The Morgan fingerprint density at radius 2 is 1.84 bits per heavy atom. The smallest absolute Gasteiger partial charge is 0.253 e. The SMILES string of the molecule is CCC=O.CN(C(=O)c1ccc2nonc2c1)C1CCCCC1.CO. The van der Waals surface area contributed by atoms with E-state index in [-0.39, 0.29) is 5.91 Å². The molecule has 1 N–H and O–H groups in total. The lowest BCUT2D eigenvalue weighted by molar-refractivity contribution is -0.107. The second-order valence-electron chi connectivity index (χ2n) is 5.75. The number of rotatable bonds is 3. The van der Waals surface area contributed by atoms with Crippen LogP contribution >= 0.6 is 0 Å². The van der Waals surface area contributed by atoms with E-state index in [0.29, 0.717) is 29.1 Å². The topological polar surface area (TPSA) is 96.5 Å². The molecule has 0 bridgehead atoms. The van der Waals surface area contributed by atoms with Crippen molar-refractivity contribution in [2.75, 3.05) is 14.2 Å². The van der Waals surface area contributed by atoms with Crippen LogP contribution in [0.2, 0.25) is 0 Å². The second kappa shape index (κ2) is 11.3. The average Bonchev–Trinajstić information content (AvgIpc) is 3.17. The maximum absolute atomic E-state index is 12.5. The molecule has 0 saturated heterocycles. The number of fused-ring (bicyclic) bond motifs is 1. The van der Waals surface area contributed by atoms with Gasteiger partial charge in [0.1, 0.15) is 17.3 Å². The summed E-state index contributed by atoms with van der Waals surface area (Å²) in [5.74, 6) is 0.0526. The molecular weight excluding hydrogens is 322 g/mol. The Labute approximate surface area is 148 Å². The number of aliphatic hydroxyl groups is 1. The molecule has 1 amide bonds. The number of aliphatic hydroxyl groups excluding tert-OH is 1. The van der Waals surface area contributed by atoms with Crippen LogP contribution in [0.15, 0.2) is 22.8 Å². The third-order valence-corrected chi connectivity index (χ3v) is 4.11. The van der Waals surface area contributed by atoms with Gasteiger partial charge in [0.25, 0.3) is 5.91 Å². The Kier molecular flexibility index (Phi) is 9.39. The highest BCUT2D eigenvalue weighted by Crippen LogP contribution is 2.23. The minimum atomic E-state index is 0.0526. The third-order valence-electron chi connectivity index (χ3n) is 4.11. The lowest BCUT2D eigenvalue weighted by Crippen LogP contribution is -2.38. The van der Waals surface area contributed by atoms with Gasteiger partial charge < -0.3 is 14.8 Å². The van der Waals surface area contributed by atoms with E-state index in [1.165, 1.54) is 19.3 Å². The molecule has 1 saturated carbocycles. The van der Waals surface area contributed by atoms with Gasteiger partial charge in [-0.15, -0.1) is 0 Å². The standard InChI is InChI=1S/C14H17N3O2.C3H6O.CH4O/c1-17(11-5-3-2-4-6-11)14(18)10-7-8-12-13(9-10)16-19-15-12;1-2-3-4;1-2/h7-9,11H,2-6H2,1H3;3H,2H2,1H3;2H,1H3. The molecule has 7 nitrogen and oxygen atoms in total. The molecule has 1 aliphatic rings. The fraction of sp³-hybridized carbons (Fsp3) is 0.556. The van der Waals surface area contributed by atoms with Crippen molar-refractivity contribution in [1.82, 2.24) is 15.2 Å². The number of benzene rings is 1. The number of hydrogen-bond donors (Lipinski definition) is 1. The first-order valence-electron chi connectivity index (χ1n) is 8.55. The van der Waals surface area contributed by atoms with Gasteiger partial charge in [0.15, 0.2) is 0 Å². The van der Waals surface area contributed by atoms with Crippen LogP contribution in [0.5, 0.6) is 0 Å². The fourth-order valence-corrected chi connectivity index (χ4v) is 2.75. The molecule has 138 valence electrons. The summed E-state index contributed by atoms with van der Waals surface area (Å²) in [7, 11) is 2.89. The first-order valence-corrected chi connectivity index (χ1v) is 8.55. The molecule has 0 aliphatic heterocycles. The van der Waals surface area contributed by atoms with E-state index in [2.05, 4.69) is 14.9 Å². The zero-order chi connectivity index (χ0) is 18.7. The van der Waals surface area contributed by atoms with Gasteiger partial charge in [-0.25, -0.2) is 4.63 Å². The molecule has 2 aromatic rings. The summed E-state index contributed by atoms with van der Waals surface area (Å²) < 4.78 is 4.65. The van der Waals surface area contributed by atoms with Crippen molar-refractivity contribution in [1.29, 1.82) is 0 Å². The molecule has 0 atom stereocenters. The minimum absolute atomic E-state index is 0.0526.